The van der Waals surface area contributed by atoms with Gasteiger partial charge < -0.3 is 0 Å². The van der Waals surface area contributed by atoms with Crippen molar-refractivity contribution in [3.8, 4) is 0 Å². The standard InChI is InChI=1S/C19H20ClN/c1-6-7-8-13(3)14(4)18-11-19(21-18)16-9-12(2)10-17(20)15(16)5/h6-11H,4H2,1-3,5H3/b7-6-,13-8-. The van der Waals surface area contributed by atoms with Crippen molar-refractivity contribution in [3.63, 3.8) is 0 Å². The van der Waals surface area contributed by atoms with Gasteiger partial charge in [-0.2, -0.15) is 0 Å². The molecule has 0 aliphatic carbocycles. The van der Waals surface area contributed by atoms with Crippen molar-refractivity contribution in [2.45, 2.75) is 27.7 Å². The zero-order valence-electron chi connectivity index (χ0n) is 13.0. The molecule has 0 radical (unpaired) electrons. The van der Waals surface area contributed by atoms with Crippen LogP contribution in [0.3, 0.4) is 0 Å². The second-order valence-corrected chi connectivity index (χ2v) is 5.71. The SMILES string of the molecule is C=C(C1=CC(c2cc(C)cc(Cl)c2C)=N1)/C(C)=C\C=C/C. The van der Waals surface area contributed by atoms with E-state index in [4.69, 9.17) is 11.6 Å². The molecule has 1 aromatic carbocycles. The maximum atomic E-state index is 6.24. The lowest BCUT2D eigenvalue weighted by Gasteiger charge is -2.19. The van der Waals surface area contributed by atoms with Crippen LogP contribution in [0.5, 0.6) is 0 Å². The van der Waals surface area contributed by atoms with E-state index in [0.29, 0.717) is 0 Å². The predicted octanol–water partition coefficient (Wildman–Crippen LogP) is 5.72. The van der Waals surface area contributed by atoms with E-state index in [1.807, 2.05) is 52.0 Å². The molecule has 0 spiro atoms. The Bertz CT molecular complexity index is 715. The molecule has 1 nitrogen and oxygen atoms in total. The summed E-state index contributed by atoms with van der Waals surface area (Å²) in [5, 5.41) is 0.789. The molecule has 0 atom stereocenters. The molecule has 0 saturated carbocycles. The van der Waals surface area contributed by atoms with E-state index < -0.39 is 0 Å². The number of nitrogens with zero attached hydrogens (tertiary/aromatic N) is 1. The van der Waals surface area contributed by atoms with E-state index in [1.165, 1.54) is 0 Å². The Balaban J connectivity index is 2.21. The summed E-state index contributed by atoms with van der Waals surface area (Å²) in [6.45, 7) is 12.2. The highest BCUT2D eigenvalue weighted by atomic mass is 35.5. The fourth-order valence-electron chi connectivity index (χ4n) is 2.17. The van der Waals surface area contributed by atoms with E-state index in [9.17, 15) is 0 Å². The van der Waals surface area contributed by atoms with E-state index in [-0.39, 0.29) is 0 Å². The van der Waals surface area contributed by atoms with Crippen molar-refractivity contribution in [2.24, 2.45) is 4.99 Å². The fraction of sp³-hybridized carbons (Fsp3) is 0.211. The minimum Gasteiger partial charge on any atom is -0.248 e. The van der Waals surface area contributed by atoms with Crippen LogP contribution in [0.15, 0.2) is 64.9 Å². The highest BCUT2D eigenvalue weighted by molar-refractivity contribution is 6.32. The smallest absolute Gasteiger partial charge is 0.0734 e. The van der Waals surface area contributed by atoms with Crippen molar-refractivity contribution in [3.05, 3.63) is 81.6 Å². The molecule has 0 N–H and O–H groups in total. The minimum atomic E-state index is 0.789. The lowest BCUT2D eigenvalue weighted by molar-refractivity contribution is 1.24. The lowest BCUT2D eigenvalue weighted by atomic mass is 9.94. The third-order valence-corrected chi connectivity index (χ3v) is 4.00. The van der Waals surface area contributed by atoms with E-state index in [2.05, 4.69) is 23.7 Å². The van der Waals surface area contributed by atoms with Gasteiger partial charge in [0.1, 0.15) is 0 Å². The first-order chi connectivity index (χ1) is 9.93. The quantitative estimate of drug-likeness (QED) is 0.630. The van der Waals surface area contributed by atoms with Crippen LogP contribution in [0.25, 0.3) is 0 Å². The number of benzene rings is 1. The summed E-state index contributed by atoms with van der Waals surface area (Å²) in [4.78, 5) is 4.62. The van der Waals surface area contributed by atoms with Gasteiger partial charge in [0.15, 0.2) is 0 Å². The number of hydrogen-bond acceptors (Lipinski definition) is 1. The maximum absolute atomic E-state index is 6.24. The molecular weight excluding hydrogens is 278 g/mol. The van der Waals surface area contributed by atoms with Crippen molar-refractivity contribution in [1.82, 2.24) is 0 Å². The topological polar surface area (TPSA) is 12.4 Å². The Morgan fingerprint density at radius 1 is 1.29 bits per heavy atom. The van der Waals surface area contributed by atoms with Gasteiger partial charge >= 0.3 is 0 Å². The molecule has 0 bridgehead atoms. The van der Waals surface area contributed by atoms with E-state index in [0.717, 1.165) is 44.3 Å². The van der Waals surface area contributed by atoms with Crippen LogP contribution in [0, 0.1) is 13.8 Å². The van der Waals surface area contributed by atoms with Crippen molar-refractivity contribution in [2.75, 3.05) is 0 Å². The molecule has 2 rings (SSSR count). The molecule has 1 heterocycles. The minimum absolute atomic E-state index is 0.789. The van der Waals surface area contributed by atoms with Gasteiger partial charge in [-0.1, -0.05) is 36.4 Å². The largest absolute Gasteiger partial charge is 0.248 e. The van der Waals surface area contributed by atoms with Crippen LogP contribution in [0.2, 0.25) is 5.02 Å². The Morgan fingerprint density at radius 3 is 2.57 bits per heavy atom. The van der Waals surface area contributed by atoms with Crippen LogP contribution in [0.1, 0.15) is 30.5 Å². The predicted molar refractivity (Wildman–Crippen MR) is 93.3 cm³/mol. The molecule has 108 valence electrons. The summed E-state index contributed by atoms with van der Waals surface area (Å²) in [5.41, 5.74) is 7.34. The third-order valence-electron chi connectivity index (χ3n) is 3.60. The molecule has 0 fully saturated rings. The molecule has 0 saturated heterocycles. The number of aryl methyl sites for hydroxylation is 1. The normalized spacial score (nSPS) is 14.8. The summed E-state index contributed by atoms with van der Waals surface area (Å²) in [6.07, 6.45) is 8.13. The van der Waals surface area contributed by atoms with E-state index in [1.54, 1.807) is 0 Å². The first kappa shape index (κ1) is 15.5. The monoisotopic (exact) mass is 297 g/mol. The van der Waals surface area contributed by atoms with Gasteiger partial charge in [-0.15, -0.1) is 0 Å². The number of allylic oxidation sites excluding steroid dienone is 5. The third kappa shape index (κ3) is 3.25. The molecule has 0 aromatic heterocycles. The molecule has 1 aromatic rings. The molecule has 2 heteroatoms. The van der Waals surface area contributed by atoms with Gasteiger partial charge in [-0.3, -0.25) is 0 Å². The molecule has 1 aliphatic heterocycles. The van der Waals surface area contributed by atoms with Gasteiger partial charge in [0.2, 0.25) is 0 Å². The average molecular weight is 298 g/mol. The van der Waals surface area contributed by atoms with Crippen LogP contribution in [0.4, 0.5) is 0 Å². The maximum Gasteiger partial charge on any atom is 0.0734 e. The van der Waals surface area contributed by atoms with Gasteiger partial charge in [-0.05, 0) is 68.2 Å². The second kappa shape index (κ2) is 6.28. The average Bonchev–Trinajstić information content (AvgIpc) is 2.39. The van der Waals surface area contributed by atoms with E-state index >= 15 is 0 Å². The number of halogens is 1. The summed E-state index contributed by atoms with van der Waals surface area (Å²) >= 11 is 6.24. The van der Waals surface area contributed by atoms with Crippen molar-refractivity contribution >= 4 is 17.3 Å². The molecule has 21 heavy (non-hydrogen) atoms. The Kier molecular flexibility index (Phi) is 4.64. The lowest BCUT2D eigenvalue weighted by Crippen LogP contribution is -2.11. The first-order valence-electron chi connectivity index (χ1n) is 7.00. The van der Waals surface area contributed by atoms with Gasteiger partial charge in [-0.25, -0.2) is 4.99 Å². The summed E-state index contributed by atoms with van der Waals surface area (Å²) < 4.78 is 0. The summed E-state index contributed by atoms with van der Waals surface area (Å²) in [6, 6.07) is 4.10. The molecule has 0 unspecified atom stereocenters. The first-order valence-corrected chi connectivity index (χ1v) is 7.38. The van der Waals surface area contributed by atoms with Crippen molar-refractivity contribution in [1.29, 1.82) is 0 Å². The highest BCUT2D eigenvalue weighted by Crippen LogP contribution is 2.30. The summed E-state index contributed by atoms with van der Waals surface area (Å²) in [5.74, 6) is 0. The fourth-order valence-corrected chi connectivity index (χ4v) is 2.45. The molecule has 1 aliphatic rings. The molecule has 0 amide bonds. The highest BCUT2D eigenvalue weighted by Gasteiger charge is 2.18. The van der Waals surface area contributed by atoms with Gasteiger partial charge in [0, 0.05) is 10.6 Å². The van der Waals surface area contributed by atoms with Gasteiger partial charge in [0.25, 0.3) is 0 Å². The number of rotatable bonds is 4. The Hall–Kier alpha value is -1.86. The Morgan fingerprint density at radius 2 is 1.95 bits per heavy atom. The summed E-state index contributed by atoms with van der Waals surface area (Å²) in [7, 11) is 0. The van der Waals surface area contributed by atoms with Crippen LogP contribution < -0.4 is 0 Å². The number of hydrogen-bond donors (Lipinski definition) is 0. The van der Waals surface area contributed by atoms with Crippen LogP contribution in [-0.2, 0) is 0 Å². The Labute approximate surface area is 132 Å². The van der Waals surface area contributed by atoms with Crippen LogP contribution >= 0.6 is 11.6 Å². The number of aliphatic imine (C=N–C) groups is 1. The van der Waals surface area contributed by atoms with Crippen LogP contribution in [-0.4, -0.2) is 5.71 Å². The zero-order chi connectivity index (χ0) is 15.6. The molecular formula is C19H20ClN. The second-order valence-electron chi connectivity index (χ2n) is 5.30. The zero-order valence-corrected chi connectivity index (χ0v) is 13.8. The van der Waals surface area contributed by atoms with Crippen molar-refractivity contribution < 1.29 is 0 Å². The van der Waals surface area contributed by atoms with Gasteiger partial charge in [0.05, 0.1) is 11.4 Å².